The zero-order chi connectivity index (χ0) is 17.2. The molecule has 0 bridgehead atoms. The molecular weight excluding hydrogens is 320 g/mol. The number of aromatic nitrogens is 1. The lowest BCUT2D eigenvalue weighted by atomic mass is 10.1. The Morgan fingerprint density at radius 3 is 3.00 bits per heavy atom. The lowest BCUT2D eigenvalue weighted by molar-refractivity contribution is 0.0780. The molecule has 1 aromatic carbocycles. The molecule has 1 amide bonds. The maximum absolute atomic E-state index is 12.7. The number of methoxy groups -OCH3 is 1. The predicted octanol–water partition coefficient (Wildman–Crippen LogP) is 3.57. The number of nitrogens with zero attached hydrogens (tertiary/aromatic N) is 2. The molecule has 0 spiro atoms. The highest BCUT2D eigenvalue weighted by Gasteiger charge is 2.31. The average Bonchev–Trinajstić information content (AvgIpc) is 3.42. The van der Waals surface area contributed by atoms with Crippen LogP contribution in [-0.4, -0.2) is 36.2 Å². The second kappa shape index (κ2) is 6.47. The van der Waals surface area contributed by atoms with Gasteiger partial charge in [-0.3, -0.25) is 4.79 Å². The van der Waals surface area contributed by atoms with Crippen molar-refractivity contribution >= 4 is 5.91 Å². The van der Waals surface area contributed by atoms with Crippen molar-refractivity contribution in [2.24, 2.45) is 0 Å². The number of hydrogen-bond donors (Lipinski definition) is 0. The van der Waals surface area contributed by atoms with Crippen molar-refractivity contribution in [2.75, 3.05) is 20.2 Å². The summed E-state index contributed by atoms with van der Waals surface area (Å²) in [5.41, 5.74) is 1.14. The molecule has 3 heterocycles. The van der Waals surface area contributed by atoms with Crippen LogP contribution in [0.15, 0.2) is 57.7 Å². The Balaban J connectivity index is 1.49. The van der Waals surface area contributed by atoms with Crippen molar-refractivity contribution in [1.29, 1.82) is 0 Å². The van der Waals surface area contributed by atoms with Crippen LogP contribution < -0.4 is 4.74 Å². The van der Waals surface area contributed by atoms with Crippen LogP contribution in [0.5, 0.6) is 5.75 Å². The zero-order valence-electron chi connectivity index (χ0n) is 13.8. The summed E-state index contributed by atoms with van der Waals surface area (Å²) in [6.07, 6.45) is 2.55. The molecule has 0 radical (unpaired) electrons. The number of amides is 1. The molecule has 1 saturated heterocycles. The van der Waals surface area contributed by atoms with Crippen LogP contribution in [0.3, 0.4) is 0 Å². The summed E-state index contributed by atoms with van der Waals surface area (Å²) in [6.45, 7) is 1.32. The minimum atomic E-state index is -0.119. The Morgan fingerprint density at radius 2 is 2.20 bits per heavy atom. The third-order valence-electron chi connectivity index (χ3n) is 4.50. The molecule has 128 valence electrons. The lowest BCUT2D eigenvalue weighted by Gasteiger charge is -2.13. The van der Waals surface area contributed by atoms with Gasteiger partial charge < -0.3 is 18.6 Å². The highest BCUT2D eigenvalue weighted by molar-refractivity contribution is 5.93. The second-order valence-corrected chi connectivity index (χ2v) is 6.06. The monoisotopic (exact) mass is 338 g/mol. The molecular formula is C19H18N2O4. The van der Waals surface area contributed by atoms with Gasteiger partial charge >= 0.3 is 0 Å². The molecule has 25 heavy (non-hydrogen) atoms. The van der Waals surface area contributed by atoms with Gasteiger partial charge in [0.15, 0.2) is 11.5 Å². The van der Waals surface area contributed by atoms with Crippen molar-refractivity contribution in [3.63, 3.8) is 0 Å². The van der Waals surface area contributed by atoms with E-state index >= 15 is 0 Å². The fraction of sp³-hybridized carbons (Fsp3) is 0.263. The van der Waals surface area contributed by atoms with E-state index in [1.165, 1.54) is 0 Å². The number of ether oxygens (including phenoxy) is 1. The van der Waals surface area contributed by atoms with E-state index in [-0.39, 0.29) is 11.8 Å². The first-order chi connectivity index (χ1) is 12.2. The van der Waals surface area contributed by atoms with Crippen LogP contribution in [0.1, 0.15) is 28.6 Å². The third kappa shape index (κ3) is 3.03. The summed E-state index contributed by atoms with van der Waals surface area (Å²) in [7, 11) is 1.61. The molecule has 1 aliphatic heterocycles. The van der Waals surface area contributed by atoms with Crippen molar-refractivity contribution in [2.45, 2.75) is 12.3 Å². The van der Waals surface area contributed by atoms with Gasteiger partial charge in [-0.1, -0.05) is 17.3 Å². The molecule has 0 saturated carbocycles. The van der Waals surface area contributed by atoms with Crippen molar-refractivity contribution < 1.29 is 18.5 Å². The molecule has 3 aromatic rings. The molecule has 1 atom stereocenters. The van der Waals surface area contributed by atoms with E-state index in [2.05, 4.69) is 5.16 Å². The summed E-state index contributed by atoms with van der Waals surface area (Å²) < 4.78 is 16.0. The number of carbonyl (C=O) groups excluding carboxylic acids is 1. The van der Waals surface area contributed by atoms with Crippen LogP contribution in [0.25, 0.3) is 11.3 Å². The van der Waals surface area contributed by atoms with Crippen LogP contribution >= 0.6 is 0 Å². The minimum Gasteiger partial charge on any atom is -0.497 e. The van der Waals surface area contributed by atoms with Crippen LogP contribution in [0, 0.1) is 0 Å². The first-order valence-electron chi connectivity index (χ1n) is 8.18. The standard InChI is InChI=1S/C19H18N2O4/c1-23-15-5-2-4-13(10-15)18-11-16(20-25-18)19(22)21-8-7-14(12-21)17-6-3-9-24-17/h2-6,9-11,14H,7-8,12H2,1H3. The molecule has 6 nitrogen and oxygen atoms in total. The Hall–Kier alpha value is -3.02. The molecule has 1 aliphatic rings. The van der Waals surface area contributed by atoms with E-state index in [1.807, 2.05) is 36.4 Å². The zero-order valence-corrected chi connectivity index (χ0v) is 13.8. The largest absolute Gasteiger partial charge is 0.497 e. The second-order valence-electron chi connectivity index (χ2n) is 6.06. The quantitative estimate of drug-likeness (QED) is 0.727. The van der Waals surface area contributed by atoms with E-state index in [0.717, 1.165) is 23.5 Å². The van der Waals surface area contributed by atoms with Crippen molar-refractivity contribution in [3.05, 3.63) is 60.2 Å². The predicted molar refractivity (Wildman–Crippen MR) is 90.5 cm³/mol. The minimum absolute atomic E-state index is 0.119. The summed E-state index contributed by atoms with van der Waals surface area (Å²) in [6, 6.07) is 13.0. The Bertz CT molecular complexity index is 869. The van der Waals surface area contributed by atoms with Gasteiger partial charge in [0.2, 0.25) is 0 Å². The molecule has 4 rings (SSSR count). The van der Waals surface area contributed by atoms with E-state index in [0.29, 0.717) is 24.5 Å². The smallest absolute Gasteiger partial charge is 0.276 e. The van der Waals surface area contributed by atoms with E-state index < -0.39 is 0 Å². The highest BCUT2D eigenvalue weighted by atomic mass is 16.5. The van der Waals surface area contributed by atoms with Gasteiger partial charge in [-0.15, -0.1) is 0 Å². The summed E-state index contributed by atoms with van der Waals surface area (Å²) in [5, 5.41) is 3.95. The number of rotatable bonds is 4. The molecule has 6 heteroatoms. The van der Waals surface area contributed by atoms with Gasteiger partial charge in [-0.2, -0.15) is 0 Å². The number of furan rings is 1. The van der Waals surface area contributed by atoms with E-state index in [9.17, 15) is 4.79 Å². The first-order valence-corrected chi connectivity index (χ1v) is 8.18. The van der Waals surface area contributed by atoms with Gasteiger partial charge in [0.05, 0.1) is 13.4 Å². The average molecular weight is 338 g/mol. The van der Waals surface area contributed by atoms with Crippen LogP contribution in [0.4, 0.5) is 0 Å². The molecule has 2 aromatic heterocycles. The van der Waals surface area contributed by atoms with Crippen molar-refractivity contribution in [3.8, 4) is 17.1 Å². The third-order valence-corrected chi connectivity index (χ3v) is 4.50. The SMILES string of the molecule is COc1cccc(-c2cc(C(=O)N3CCC(c4ccco4)C3)no2)c1. The highest BCUT2D eigenvalue weighted by Crippen LogP contribution is 2.29. The number of hydrogen-bond acceptors (Lipinski definition) is 5. The molecule has 0 aliphatic carbocycles. The molecule has 1 unspecified atom stereocenters. The van der Waals surface area contributed by atoms with Gasteiger partial charge in [0, 0.05) is 30.6 Å². The normalized spacial score (nSPS) is 17.0. The number of benzene rings is 1. The first kappa shape index (κ1) is 15.5. The van der Waals surface area contributed by atoms with Gasteiger partial charge in [0.25, 0.3) is 5.91 Å². The van der Waals surface area contributed by atoms with Gasteiger partial charge in [-0.25, -0.2) is 0 Å². The Labute approximate surface area is 145 Å². The fourth-order valence-electron chi connectivity index (χ4n) is 3.15. The van der Waals surface area contributed by atoms with E-state index in [4.69, 9.17) is 13.7 Å². The number of carbonyl (C=O) groups is 1. The summed E-state index contributed by atoms with van der Waals surface area (Å²) >= 11 is 0. The Morgan fingerprint density at radius 1 is 1.28 bits per heavy atom. The lowest BCUT2D eigenvalue weighted by Crippen LogP contribution is -2.28. The fourth-order valence-corrected chi connectivity index (χ4v) is 3.15. The van der Waals surface area contributed by atoms with Crippen LogP contribution in [0.2, 0.25) is 0 Å². The Kier molecular flexibility index (Phi) is 4.01. The summed E-state index contributed by atoms with van der Waals surface area (Å²) in [4.78, 5) is 14.5. The van der Waals surface area contributed by atoms with E-state index in [1.54, 1.807) is 24.3 Å². The van der Waals surface area contributed by atoms with Gasteiger partial charge in [0.1, 0.15) is 11.5 Å². The van der Waals surface area contributed by atoms with Crippen molar-refractivity contribution in [1.82, 2.24) is 10.1 Å². The molecule has 0 N–H and O–H groups in total. The maximum Gasteiger partial charge on any atom is 0.276 e. The van der Waals surface area contributed by atoms with Gasteiger partial charge in [-0.05, 0) is 30.7 Å². The number of likely N-dealkylation sites (tertiary alicyclic amines) is 1. The molecule has 1 fully saturated rings. The van der Waals surface area contributed by atoms with Crippen LogP contribution in [-0.2, 0) is 0 Å². The topological polar surface area (TPSA) is 68.7 Å². The summed E-state index contributed by atoms with van der Waals surface area (Å²) in [5.74, 6) is 2.31. The maximum atomic E-state index is 12.7.